The SMILES string of the molecule is CCC(N)Cc1ccnc(C(CC)OC)n1. The van der Waals surface area contributed by atoms with Gasteiger partial charge < -0.3 is 10.5 Å². The monoisotopic (exact) mass is 223 g/mol. The minimum Gasteiger partial charge on any atom is -0.373 e. The first-order chi connectivity index (χ1) is 7.71. The summed E-state index contributed by atoms with van der Waals surface area (Å²) in [6.07, 6.45) is 4.40. The largest absolute Gasteiger partial charge is 0.373 e. The Hall–Kier alpha value is -1.00. The fourth-order valence-corrected chi connectivity index (χ4v) is 1.55. The molecule has 1 aromatic rings. The van der Waals surface area contributed by atoms with E-state index in [1.54, 1.807) is 13.3 Å². The second kappa shape index (κ2) is 6.55. The van der Waals surface area contributed by atoms with Crippen molar-refractivity contribution in [2.75, 3.05) is 7.11 Å². The molecule has 0 aromatic carbocycles. The molecular weight excluding hydrogens is 202 g/mol. The van der Waals surface area contributed by atoms with E-state index in [9.17, 15) is 0 Å². The molecule has 2 unspecified atom stereocenters. The Morgan fingerprint density at radius 3 is 2.69 bits per heavy atom. The Kier molecular flexibility index (Phi) is 5.35. The molecule has 0 radical (unpaired) electrons. The van der Waals surface area contributed by atoms with Crippen LogP contribution in [0.25, 0.3) is 0 Å². The van der Waals surface area contributed by atoms with E-state index in [2.05, 4.69) is 23.8 Å². The van der Waals surface area contributed by atoms with Crippen molar-refractivity contribution in [1.82, 2.24) is 9.97 Å². The highest BCUT2D eigenvalue weighted by atomic mass is 16.5. The fraction of sp³-hybridized carbons (Fsp3) is 0.667. The second-order valence-electron chi connectivity index (χ2n) is 3.91. The van der Waals surface area contributed by atoms with Gasteiger partial charge >= 0.3 is 0 Å². The third-order valence-corrected chi connectivity index (χ3v) is 2.67. The molecule has 90 valence electrons. The van der Waals surface area contributed by atoms with Gasteiger partial charge in [-0.15, -0.1) is 0 Å². The summed E-state index contributed by atoms with van der Waals surface area (Å²) in [5.74, 6) is 0.755. The molecule has 0 amide bonds. The zero-order chi connectivity index (χ0) is 12.0. The van der Waals surface area contributed by atoms with Crippen LogP contribution < -0.4 is 5.73 Å². The van der Waals surface area contributed by atoms with Gasteiger partial charge in [-0.3, -0.25) is 0 Å². The number of nitrogens with zero attached hydrogens (tertiary/aromatic N) is 2. The van der Waals surface area contributed by atoms with Crippen molar-refractivity contribution >= 4 is 0 Å². The van der Waals surface area contributed by atoms with Crippen molar-refractivity contribution in [3.05, 3.63) is 23.8 Å². The minimum atomic E-state index is -0.0159. The summed E-state index contributed by atoms with van der Waals surface area (Å²) in [5.41, 5.74) is 6.90. The Morgan fingerprint density at radius 2 is 2.12 bits per heavy atom. The lowest BCUT2D eigenvalue weighted by Gasteiger charge is -2.13. The summed E-state index contributed by atoms with van der Waals surface area (Å²) in [5, 5.41) is 0. The summed E-state index contributed by atoms with van der Waals surface area (Å²) in [4.78, 5) is 8.72. The summed E-state index contributed by atoms with van der Waals surface area (Å²) in [6, 6.07) is 2.09. The lowest BCUT2D eigenvalue weighted by Crippen LogP contribution is -2.22. The van der Waals surface area contributed by atoms with Crippen molar-refractivity contribution in [2.45, 2.75) is 45.3 Å². The molecule has 0 fully saturated rings. The van der Waals surface area contributed by atoms with Gasteiger partial charge in [-0.1, -0.05) is 13.8 Å². The van der Waals surface area contributed by atoms with E-state index in [1.165, 1.54) is 0 Å². The molecule has 16 heavy (non-hydrogen) atoms. The van der Waals surface area contributed by atoms with Gasteiger partial charge in [0.05, 0.1) is 0 Å². The molecule has 1 aromatic heterocycles. The number of ether oxygens (including phenoxy) is 1. The van der Waals surface area contributed by atoms with Crippen molar-refractivity contribution in [1.29, 1.82) is 0 Å². The van der Waals surface area contributed by atoms with Crippen LogP contribution in [0.1, 0.15) is 44.3 Å². The van der Waals surface area contributed by atoms with Gasteiger partial charge in [0, 0.05) is 31.5 Å². The van der Waals surface area contributed by atoms with Crippen LogP contribution in [0.2, 0.25) is 0 Å². The van der Waals surface area contributed by atoms with Crippen LogP contribution in [0.5, 0.6) is 0 Å². The van der Waals surface area contributed by atoms with Gasteiger partial charge in [-0.05, 0) is 18.9 Å². The van der Waals surface area contributed by atoms with Gasteiger partial charge in [0.1, 0.15) is 6.10 Å². The Balaban J connectivity index is 2.77. The number of rotatable bonds is 6. The van der Waals surface area contributed by atoms with Crippen LogP contribution in [0, 0.1) is 0 Å². The van der Waals surface area contributed by atoms with E-state index in [1.807, 2.05) is 6.07 Å². The average Bonchev–Trinajstić information content (AvgIpc) is 2.31. The Labute approximate surface area is 97.2 Å². The quantitative estimate of drug-likeness (QED) is 0.799. The molecule has 0 aliphatic rings. The molecule has 2 atom stereocenters. The van der Waals surface area contributed by atoms with Gasteiger partial charge in [-0.25, -0.2) is 9.97 Å². The molecule has 1 heterocycles. The second-order valence-corrected chi connectivity index (χ2v) is 3.91. The van der Waals surface area contributed by atoms with E-state index >= 15 is 0 Å². The van der Waals surface area contributed by atoms with Crippen LogP contribution >= 0.6 is 0 Å². The molecule has 0 saturated heterocycles. The van der Waals surface area contributed by atoms with Crippen molar-refractivity contribution < 1.29 is 4.74 Å². The van der Waals surface area contributed by atoms with Crippen molar-refractivity contribution in [2.24, 2.45) is 5.73 Å². The number of hydrogen-bond acceptors (Lipinski definition) is 4. The first-order valence-electron chi connectivity index (χ1n) is 5.81. The highest BCUT2D eigenvalue weighted by Crippen LogP contribution is 2.15. The number of hydrogen-bond donors (Lipinski definition) is 1. The number of nitrogens with two attached hydrogens (primary N) is 1. The van der Waals surface area contributed by atoms with E-state index < -0.39 is 0 Å². The Morgan fingerprint density at radius 1 is 1.38 bits per heavy atom. The molecule has 0 aliphatic heterocycles. The molecule has 4 heteroatoms. The molecule has 0 bridgehead atoms. The Bertz CT molecular complexity index is 313. The molecule has 0 saturated carbocycles. The van der Waals surface area contributed by atoms with Crippen LogP contribution in [-0.4, -0.2) is 23.1 Å². The van der Waals surface area contributed by atoms with Crippen LogP contribution in [-0.2, 0) is 11.2 Å². The maximum absolute atomic E-state index is 5.90. The maximum atomic E-state index is 5.90. The average molecular weight is 223 g/mol. The lowest BCUT2D eigenvalue weighted by atomic mass is 10.1. The first-order valence-corrected chi connectivity index (χ1v) is 5.81. The standard InChI is InChI=1S/C12H21N3O/c1-4-9(13)8-10-6-7-14-12(15-10)11(5-2)16-3/h6-7,9,11H,4-5,8,13H2,1-3H3. The van der Waals surface area contributed by atoms with Gasteiger partial charge in [-0.2, -0.15) is 0 Å². The van der Waals surface area contributed by atoms with Crippen molar-refractivity contribution in [3.63, 3.8) is 0 Å². The molecule has 0 spiro atoms. The molecule has 0 aliphatic carbocycles. The van der Waals surface area contributed by atoms with Crippen LogP contribution in [0.3, 0.4) is 0 Å². The summed E-state index contributed by atoms with van der Waals surface area (Å²) in [6.45, 7) is 4.14. The third kappa shape index (κ3) is 3.54. The van der Waals surface area contributed by atoms with Gasteiger partial charge in [0.25, 0.3) is 0 Å². The van der Waals surface area contributed by atoms with Gasteiger partial charge in [0.2, 0.25) is 0 Å². The summed E-state index contributed by atoms with van der Waals surface area (Å²) in [7, 11) is 1.68. The summed E-state index contributed by atoms with van der Waals surface area (Å²) < 4.78 is 5.32. The number of aromatic nitrogens is 2. The first kappa shape index (κ1) is 13.1. The highest BCUT2D eigenvalue weighted by molar-refractivity contribution is 5.05. The fourth-order valence-electron chi connectivity index (χ4n) is 1.55. The molecule has 2 N–H and O–H groups in total. The van der Waals surface area contributed by atoms with E-state index in [0.29, 0.717) is 0 Å². The number of methoxy groups -OCH3 is 1. The predicted octanol–water partition coefficient (Wildman–Crippen LogP) is 1.85. The van der Waals surface area contributed by atoms with Crippen LogP contribution in [0.15, 0.2) is 12.3 Å². The third-order valence-electron chi connectivity index (χ3n) is 2.67. The van der Waals surface area contributed by atoms with Crippen LogP contribution in [0.4, 0.5) is 0 Å². The smallest absolute Gasteiger partial charge is 0.157 e. The molecular formula is C12H21N3O. The highest BCUT2D eigenvalue weighted by Gasteiger charge is 2.12. The molecule has 1 rings (SSSR count). The molecule has 4 nitrogen and oxygen atoms in total. The zero-order valence-corrected chi connectivity index (χ0v) is 10.3. The normalized spacial score (nSPS) is 14.8. The van der Waals surface area contributed by atoms with Crippen molar-refractivity contribution in [3.8, 4) is 0 Å². The zero-order valence-electron chi connectivity index (χ0n) is 10.3. The maximum Gasteiger partial charge on any atom is 0.157 e. The van der Waals surface area contributed by atoms with E-state index in [4.69, 9.17) is 10.5 Å². The van der Waals surface area contributed by atoms with E-state index in [0.717, 1.165) is 30.8 Å². The predicted molar refractivity (Wildman–Crippen MR) is 64.0 cm³/mol. The topological polar surface area (TPSA) is 61.0 Å². The minimum absolute atomic E-state index is 0.0159. The summed E-state index contributed by atoms with van der Waals surface area (Å²) >= 11 is 0. The lowest BCUT2D eigenvalue weighted by molar-refractivity contribution is 0.0923. The van der Waals surface area contributed by atoms with E-state index in [-0.39, 0.29) is 12.1 Å². The van der Waals surface area contributed by atoms with Gasteiger partial charge in [0.15, 0.2) is 5.82 Å².